The molecule has 0 unspecified atom stereocenters. The van der Waals surface area contributed by atoms with E-state index in [1.165, 1.54) is 23.1 Å². The molecule has 0 spiro atoms. The van der Waals surface area contributed by atoms with Crippen LogP contribution in [0.15, 0.2) is 113 Å². The highest BCUT2D eigenvalue weighted by Gasteiger charge is 2.46. The summed E-state index contributed by atoms with van der Waals surface area (Å²) in [6.07, 6.45) is 15.9. The molecule has 76 heavy (non-hydrogen) atoms. The fourth-order valence-corrected chi connectivity index (χ4v) is 12.7. The Bertz CT molecular complexity index is 3250. The molecule has 0 bridgehead atoms. The monoisotopic (exact) mass is 1120 g/mol. The second kappa shape index (κ2) is 24.0. The van der Waals surface area contributed by atoms with E-state index in [1.807, 2.05) is 60.1 Å². The molecule has 17 nitrogen and oxygen atoms in total. The van der Waals surface area contributed by atoms with Crippen LogP contribution in [0.3, 0.4) is 0 Å². The largest absolute Gasteiger partial charge is 0.371 e. The molecule has 410 valence electrons. The van der Waals surface area contributed by atoms with Gasteiger partial charge < -0.3 is 15.1 Å². The lowest BCUT2D eigenvalue weighted by atomic mass is 9.79. The molecule has 3 amide bonds. The number of hydrogen-bond donors (Lipinski definition) is 4. The molecule has 3 aromatic carbocycles. The maximum absolute atomic E-state index is 12.7. The van der Waals surface area contributed by atoms with E-state index < -0.39 is 53.0 Å². The Morgan fingerprint density at radius 3 is 2.08 bits per heavy atom. The van der Waals surface area contributed by atoms with E-state index in [-0.39, 0.29) is 75.1 Å². The summed E-state index contributed by atoms with van der Waals surface area (Å²) in [7, 11) is -12.8. The first-order valence-corrected chi connectivity index (χ1v) is 30.9. The number of nitrogens with zero attached hydrogens (tertiary/aromatic N) is 4. The molecule has 3 aliphatic heterocycles. The molecule has 0 atom stereocenters. The standard InChI is InChI=1S/C55H68ClN5O12S3/c1-54(2)44-38-42(58(30-11-35-74(65,66)67)31-12-36-75(68,69)70)22-24-45(44)59(33-13-37-76(71,72)73)47(54)25-20-40-15-10-16-41(53(40)56)21-26-48-55(3,4)52-43-17-8-7-14-39(43)19-23-46(52)60(48)32-9-5-6-18-49(62)57-29-34-61-50(63)27-28-51(61)64/h7-8,14,17,19-28,38H,5-6,9-13,15-16,18,29-37H2,1-4H3,(H3-,57,62,65,66,67,68,69,70,71,72,73)/p+1. The van der Waals surface area contributed by atoms with Gasteiger partial charge in [-0.05, 0) is 123 Å². The molecule has 3 aromatic rings. The Labute approximate surface area is 452 Å². The number of anilines is 2. The van der Waals surface area contributed by atoms with Crippen molar-refractivity contribution >= 4 is 93.2 Å². The highest BCUT2D eigenvalue weighted by atomic mass is 35.5. The highest BCUT2D eigenvalue weighted by molar-refractivity contribution is 7.86. The number of nitrogens with one attached hydrogen (secondary N) is 1. The maximum atomic E-state index is 12.7. The Morgan fingerprint density at radius 1 is 0.750 bits per heavy atom. The van der Waals surface area contributed by atoms with Crippen molar-refractivity contribution in [2.75, 3.05) is 66.3 Å². The van der Waals surface area contributed by atoms with Crippen LogP contribution in [0.5, 0.6) is 0 Å². The zero-order valence-corrected chi connectivity index (χ0v) is 46.7. The van der Waals surface area contributed by atoms with Crippen molar-refractivity contribution in [3.63, 3.8) is 0 Å². The van der Waals surface area contributed by atoms with Gasteiger partial charge in [0.1, 0.15) is 6.54 Å². The first-order valence-electron chi connectivity index (χ1n) is 25.7. The summed E-state index contributed by atoms with van der Waals surface area (Å²) < 4.78 is 101. The first-order chi connectivity index (χ1) is 35.7. The quantitative estimate of drug-likeness (QED) is 0.0270. The molecule has 0 radical (unpaired) electrons. The Balaban J connectivity index is 1.14. The van der Waals surface area contributed by atoms with E-state index in [9.17, 15) is 53.3 Å². The van der Waals surface area contributed by atoms with Gasteiger partial charge in [0, 0.05) is 103 Å². The number of imide groups is 1. The average molecular weight is 1120 g/mol. The average Bonchev–Trinajstić information content (AvgIpc) is 3.86. The number of allylic oxidation sites excluding steroid dienone is 8. The predicted molar refractivity (Wildman–Crippen MR) is 298 cm³/mol. The third-order valence-electron chi connectivity index (χ3n) is 14.6. The van der Waals surface area contributed by atoms with Crippen LogP contribution in [0.4, 0.5) is 17.1 Å². The van der Waals surface area contributed by atoms with Gasteiger partial charge in [0.05, 0.1) is 22.7 Å². The number of fused-ring (bicyclic) bond motifs is 4. The third-order valence-corrected chi connectivity index (χ3v) is 17.5. The minimum atomic E-state index is -4.26. The molecule has 4 aliphatic rings. The van der Waals surface area contributed by atoms with Crippen LogP contribution in [0.25, 0.3) is 10.8 Å². The van der Waals surface area contributed by atoms with Gasteiger partial charge in [-0.1, -0.05) is 61.9 Å². The van der Waals surface area contributed by atoms with Gasteiger partial charge in [0.15, 0.2) is 5.71 Å². The normalized spacial score (nSPS) is 18.6. The maximum Gasteiger partial charge on any atom is 0.264 e. The van der Waals surface area contributed by atoms with E-state index in [2.05, 4.69) is 66.2 Å². The molecule has 21 heteroatoms. The highest BCUT2D eigenvalue weighted by Crippen LogP contribution is 2.50. The molecule has 3 heterocycles. The third kappa shape index (κ3) is 14.4. The number of benzene rings is 3. The van der Waals surface area contributed by atoms with E-state index in [4.69, 9.17) is 11.6 Å². The van der Waals surface area contributed by atoms with Crippen LogP contribution < -0.4 is 15.1 Å². The van der Waals surface area contributed by atoms with E-state index in [0.717, 1.165) is 75.5 Å². The number of halogens is 1. The van der Waals surface area contributed by atoms with Gasteiger partial charge in [0.2, 0.25) is 11.6 Å². The molecule has 0 aromatic heterocycles. The number of hydrogen-bond acceptors (Lipinski definition) is 11. The topological polar surface area (TPSA) is 239 Å². The second-order valence-electron chi connectivity index (χ2n) is 20.8. The van der Waals surface area contributed by atoms with Crippen LogP contribution in [-0.4, -0.2) is 128 Å². The fraction of sp³-hybridized carbons (Fsp3) is 0.455. The van der Waals surface area contributed by atoms with Crippen molar-refractivity contribution in [3.8, 4) is 0 Å². The minimum Gasteiger partial charge on any atom is -0.371 e. The number of rotatable bonds is 25. The number of carbonyl (C=O) groups excluding carboxylic acids is 3. The van der Waals surface area contributed by atoms with Crippen LogP contribution in [0, 0.1) is 0 Å². The first kappa shape index (κ1) is 58.2. The van der Waals surface area contributed by atoms with Gasteiger partial charge in [-0.15, -0.1) is 0 Å². The Hall–Kier alpha value is -5.48. The van der Waals surface area contributed by atoms with Gasteiger partial charge in [-0.2, -0.15) is 29.8 Å². The molecular weight excluding hydrogens is 1050 g/mol. The van der Waals surface area contributed by atoms with Crippen molar-refractivity contribution in [2.24, 2.45) is 0 Å². The molecule has 0 fully saturated rings. The van der Waals surface area contributed by atoms with Gasteiger partial charge in [-0.3, -0.25) is 32.9 Å². The van der Waals surface area contributed by atoms with Gasteiger partial charge >= 0.3 is 0 Å². The van der Waals surface area contributed by atoms with Crippen molar-refractivity contribution in [2.45, 2.75) is 103 Å². The van der Waals surface area contributed by atoms with Gasteiger partial charge in [-0.25, -0.2) is 0 Å². The lowest BCUT2D eigenvalue weighted by Gasteiger charge is -2.27. The summed E-state index contributed by atoms with van der Waals surface area (Å²) in [5.74, 6) is -2.34. The lowest BCUT2D eigenvalue weighted by Crippen LogP contribution is -2.38. The second-order valence-corrected chi connectivity index (χ2v) is 25.9. The van der Waals surface area contributed by atoms with E-state index in [1.54, 1.807) is 0 Å². The number of unbranched alkanes of at least 4 members (excludes halogenated alkanes) is 2. The van der Waals surface area contributed by atoms with Crippen LogP contribution in [0.2, 0.25) is 0 Å². The fourth-order valence-electron chi connectivity index (χ4n) is 10.9. The van der Waals surface area contributed by atoms with Crippen molar-refractivity contribution in [1.82, 2.24) is 10.2 Å². The minimum absolute atomic E-state index is 0.0537. The zero-order valence-electron chi connectivity index (χ0n) is 43.5. The summed E-state index contributed by atoms with van der Waals surface area (Å²) in [6.45, 7) is 10.2. The SMILES string of the molecule is CC1(C)C(/C=C/C2=C(Cl)C(=C/C=C3/N(CCCS(=O)(=O)O)c4ccc(N(CCCS(=O)(=O)O)CCCS(=O)(=O)O)cc4C3(C)C)/CCC2)=[N+](CCCCCC(=O)NCCN2C(=O)C=CC2=O)c2ccc3ccccc3c21. The summed E-state index contributed by atoms with van der Waals surface area (Å²) >= 11 is 7.36. The summed E-state index contributed by atoms with van der Waals surface area (Å²) in [5.41, 5.74) is 7.49. The van der Waals surface area contributed by atoms with Crippen LogP contribution in [-0.2, 0) is 55.6 Å². The van der Waals surface area contributed by atoms with Crippen molar-refractivity contribution in [1.29, 1.82) is 0 Å². The smallest absolute Gasteiger partial charge is 0.264 e. The summed E-state index contributed by atoms with van der Waals surface area (Å²) in [6, 6.07) is 18.4. The molecule has 1 aliphatic carbocycles. The van der Waals surface area contributed by atoms with Crippen LogP contribution in [0.1, 0.15) is 103 Å². The van der Waals surface area contributed by atoms with E-state index in [0.29, 0.717) is 36.5 Å². The molecule has 4 N–H and O–H groups in total. The summed E-state index contributed by atoms with van der Waals surface area (Å²) in [5, 5.41) is 5.79. The molecule has 0 saturated carbocycles. The Kier molecular flexibility index (Phi) is 18.4. The predicted octanol–water partition coefficient (Wildman–Crippen LogP) is 8.30. The zero-order chi connectivity index (χ0) is 55.2. The number of carbonyl (C=O) groups is 3. The van der Waals surface area contributed by atoms with Crippen LogP contribution >= 0.6 is 11.6 Å². The van der Waals surface area contributed by atoms with E-state index >= 15 is 0 Å². The Morgan fingerprint density at radius 2 is 1.41 bits per heavy atom. The van der Waals surface area contributed by atoms with Gasteiger partial charge in [0.25, 0.3) is 42.2 Å². The van der Waals surface area contributed by atoms with Crippen molar-refractivity contribution < 1.29 is 57.9 Å². The van der Waals surface area contributed by atoms with Crippen molar-refractivity contribution in [3.05, 3.63) is 124 Å². The molecule has 0 saturated heterocycles. The molecule has 7 rings (SSSR count). The lowest BCUT2D eigenvalue weighted by molar-refractivity contribution is -0.438. The number of amides is 3. The molecular formula is C55H69ClN5O12S3+. The summed E-state index contributed by atoms with van der Waals surface area (Å²) in [4.78, 5) is 41.3.